The van der Waals surface area contributed by atoms with Gasteiger partial charge in [-0.2, -0.15) is 0 Å². The molecule has 0 aromatic heterocycles. The molecule has 0 N–H and O–H groups in total. The van der Waals surface area contributed by atoms with Crippen molar-refractivity contribution in [3.8, 4) is 0 Å². The quantitative estimate of drug-likeness (QED) is 0.594. The summed E-state index contributed by atoms with van der Waals surface area (Å²) in [5.41, 5.74) is 1.32. The summed E-state index contributed by atoms with van der Waals surface area (Å²) in [6, 6.07) is 8.75. The molecule has 2 rings (SSSR count). The summed E-state index contributed by atoms with van der Waals surface area (Å²) >= 11 is 8.23. The van der Waals surface area contributed by atoms with Crippen LogP contribution in [0.1, 0.15) is 24.8 Å². The minimum absolute atomic E-state index is 0.285. The van der Waals surface area contributed by atoms with Gasteiger partial charge >= 0.3 is 0 Å². The maximum Gasteiger partial charge on any atom is 0.0588 e. The van der Waals surface area contributed by atoms with E-state index in [9.17, 15) is 0 Å². The summed E-state index contributed by atoms with van der Waals surface area (Å²) in [7, 11) is 1.80. The number of methoxy groups -OCH3 is 1. The number of benzene rings is 1. The molecule has 100 valence electrons. The van der Waals surface area contributed by atoms with Crippen LogP contribution in [0, 0.1) is 12.8 Å². The molecular formula is C15H21ClOS. The molecule has 3 heteroatoms. The molecule has 1 nitrogen and oxygen atoms in total. The van der Waals surface area contributed by atoms with Gasteiger partial charge in [0.2, 0.25) is 0 Å². The first-order valence-corrected chi connectivity index (χ1v) is 7.96. The molecule has 0 aliphatic heterocycles. The van der Waals surface area contributed by atoms with Crippen molar-refractivity contribution in [1.82, 2.24) is 0 Å². The van der Waals surface area contributed by atoms with Gasteiger partial charge in [-0.25, -0.2) is 0 Å². The molecule has 18 heavy (non-hydrogen) atoms. The highest BCUT2D eigenvalue weighted by Gasteiger charge is 2.27. The Kier molecular flexibility index (Phi) is 5.40. The van der Waals surface area contributed by atoms with Crippen molar-refractivity contribution in [2.75, 3.05) is 12.9 Å². The van der Waals surface area contributed by atoms with Crippen LogP contribution in [0.25, 0.3) is 0 Å². The number of halogens is 1. The Morgan fingerprint density at radius 3 is 2.61 bits per heavy atom. The van der Waals surface area contributed by atoms with E-state index in [0.717, 1.165) is 25.0 Å². The molecule has 1 aliphatic rings. The molecule has 3 atom stereocenters. The van der Waals surface area contributed by atoms with Gasteiger partial charge in [-0.1, -0.05) is 17.7 Å². The SMILES string of the molecule is CO[C@@H]1C[C@@H](Cl)C[C@H](CSc2ccc(C)cc2)C1. The van der Waals surface area contributed by atoms with Gasteiger partial charge in [0, 0.05) is 23.1 Å². The summed E-state index contributed by atoms with van der Waals surface area (Å²) in [4.78, 5) is 1.35. The molecular weight excluding hydrogens is 264 g/mol. The molecule has 0 spiro atoms. The summed E-state index contributed by atoms with van der Waals surface area (Å²) in [5, 5.41) is 0.285. The third-order valence-electron chi connectivity index (χ3n) is 3.54. The van der Waals surface area contributed by atoms with Crippen LogP contribution in [0.3, 0.4) is 0 Å². The van der Waals surface area contributed by atoms with Crippen molar-refractivity contribution in [2.24, 2.45) is 5.92 Å². The molecule has 0 bridgehead atoms. The second-order valence-corrected chi connectivity index (χ2v) is 6.86. The predicted molar refractivity (Wildman–Crippen MR) is 79.7 cm³/mol. The van der Waals surface area contributed by atoms with Gasteiger partial charge in [-0.05, 0) is 44.2 Å². The lowest BCUT2D eigenvalue weighted by Crippen LogP contribution is -2.29. The van der Waals surface area contributed by atoms with Crippen molar-refractivity contribution in [1.29, 1.82) is 0 Å². The lowest BCUT2D eigenvalue weighted by Gasteiger charge is -2.31. The number of ether oxygens (including phenoxy) is 1. The molecule has 0 heterocycles. The lowest BCUT2D eigenvalue weighted by atomic mass is 9.88. The van der Waals surface area contributed by atoms with Gasteiger partial charge in [0.15, 0.2) is 0 Å². The van der Waals surface area contributed by atoms with Crippen LogP contribution in [-0.4, -0.2) is 24.3 Å². The van der Waals surface area contributed by atoms with Gasteiger partial charge in [0.05, 0.1) is 6.10 Å². The smallest absolute Gasteiger partial charge is 0.0588 e. The topological polar surface area (TPSA) is 9.23 Å². The molecule has 0 radical (unpaired) electrons. The predicted octanol–water partition coefficient (Wildman–Crippen LogP) is 4.51. The van der Waals surface area contributed by atoms with Crippen LogP contribution < -0.4 is 0 Å². The molecule has 1 saturated carbocycles. The number of rotatable bonds is 4. The van der Waals surface area contributed by atoms with Gasteiger partial charge in [-0.15, -0.1) is 23.4 Å². The van der Waals surface area contributed by atoms with E-state index in [1.807, 2.05) is 11.8 Å². The summed E-state index contributed by atoms with van der Waals surface area (Å²) in [6.07, 6.45) is 3.63. The molecule has 0 amide bonds. The second kappa shape index (κ2) is 6.83. The fourth-order valence-corrected chi connectivity index (χ4v) is 3.96. The zero-order valence-corrected chi connectivity index (χ0v) is 12.6. The highest BCUT2D eigenvalue weighted by Crippen LogP contribution is 2.33. The van der Waals surface area contributed by atoms with Gasteiger partial charge in [-0.3, -0.25) is 0 Å². The molecule has 1 fully saturated rings. The van der Waals surface area contributed by atoms with Crippen LogP contribution in [-0.2, 0) is 4.74 Å². The van der Waals surface area contributed by atoms with E-state index < -0.39 is 0 Å². The van der Waals surface area contributed by atoms with E-state index in [2.05, 4.69) is 31.2 Å². The Bertz CT molecular complexity index is 365. The van der Waals surface area contributed by atoms with E-state index in [4.69, 9.17) is 16.3 Å². The highest BCUT2D eigenvalue weighted by molar-refractivity contribution is 7.99. The number of hydrogen-bond donors (Lipinski definition) is 0. The highest BCUT2D eigenvalue weighted by atomic mass is 35.5. The summed E-state index contributed by atoms with van der Waals surface area (Å²) < 4.78 is 5.47. The van der Waals surface area contributed by atoms with Crippen molar-refractivity contribution in [3.05, 3.63) is 29.8 Å². The van der Waals surface area contributed by atoms with Crippen LogP contribution in [0.4, 0.5) is 0 Å². The van der Waals surface area contributed by atoms with Crippen LogP contribution in [0.2, 0.25) is 0 Å². The van der Waals surface area contributed by atoms with E-state index >= 15 is 0 Å². The van der Waals surface area contributed by atoms with E-state index in [1.165, 1.54) is 10.5 Å². The Balaban J connectivity index is 1.84. The number of alkyl halides is 1. The Hall–Kier alpha value is -0.180. The largest absolute Gasteiger partial charge is 0.381 e. The van der Waals surface area contributed by atoms with E-state index in [-0.39, 0.29) is 5.38 Å². The molecule has 1 aromatic rings. The average Bonchev–Trinajstić information content (AvgIpc) is 2.37. The fraction of sp³-hybridized carbons (Fsp3) is 0.600. The standard InChI is InChI=1S/C15H21ClOS/c1-11-3-5-15(6-4-11)18-10-12-7-13(16)9-14(8-12)17-2/h3-6,12-14H,7-10H2,1-2H3/t12-,13-,14-/m0/s1. The summed E-state index contributed by atoms with van der Waals surface area (Å²) in [6.45, 7) is 2.12. The first-order valence-electron chi connectivity index (χ1n) is 6.53. The Labute approximate surface area is 119 Å². The maximum absolute atomic E-state index is 6.30. The minimum Gasteiger partial charge on any atom is -0.381 e. The zero-order valence-electron chi connectivity index (χ0n) is 11.1. The van der Waals surface area contributed by atoms with Gasteiger partial charge < -0.3 is 4.74 Å². The third-order valence-corrected chi connectivity index (χ3v) is 5.14. The van der Waals surface area contributed by atoms with Crippen molar-refractivity contribution >= 4 is 23.4 Å². The lowest BCUT2D eigenvalue weighted by molar-refractivity contribution is 0.0566. The average molecular weight is 285 g/mol. The number of hydrogen-bond acceptors (Lipinski definition) is 2. The maximum atomic E-state index is 6.30. The number of aryl methyl sites for hydroxylation is 1. The van der Waals surface area contributed by atoms with Crippen molar-refractivity contribution in [2.45, 2.75) is 42.6 Å². The fourth-order valence-electron chi connectivity index (χ4n) is 2.48. The molecule has 0 saturated heterocycles. The van der Waals surface area contributed by atoms with E-state index in [0.29, 0.717) is 12.0 Å². The molecule has 0 unspecified atom stereocenters. The second-order valence-electron chi connectivity index (χ2n) is 5.15. The first-order chi connectivity index (χ1) is 8.67. The minimum atomic E-state index is 0.285. The molecule has 1 aromatic carbocycles. The van der Waals surface area contributed by atoms with Gasteiger partial charge in [0.25, 0.3) is 0 Å². The van der Waals surface area contributed by atoms with Crippen LogP contribution >= 0.6 is 23.4 Å². The van der Waals surface area contributed by atoms with Gasteiger partial charge in [0.1, 0.15) is 0 Å². The van der Waals surface area contributed by atoms with Crippen LogP contribution in [0.5, 0.6) is 0 Å². The van der Waals surface area contributed by atoms with Crippen molar-refractivity contribution < 1.29 is 4.74 Å². The summed E-state index contributed by atoms with van der Waals surface area (Å²) in [5.74, 6) is 1.82. The normalized spacial score (nSPS) is 28.3. The third kappa shape index (κ3) is 4.18. The Morgan fingerprint density at radius 2 is 1.94 bits per heavy atom. The van der Waals surface area contributed by atoms with Crippen molar-refractivity contribution in [3.63, 3.8) is 0 Å². The first kappa shape index (κ1) is 14.2. The molecule has 1 aliphatic carbocycles. The Morgan fingerprint density at radius 1 is 1.22 bits per heavy atom. The number of thioether (sulfide) groups is 1. The zero-order chi connectivity index (χ0) is 13.0. The van der Waals surface area contributed by atoms with E-state index in [1.54, 1.807) is 7.11 Å². The van der Waals surface area contributed by atoms with Crippen LogP contribution in [0.15, 0.2) is 29.2 Å². The monoisotopic (exact) mass is 284 g/mol.